The number of oxime groups is 1. The van der Waals surface area contributed by atoms with E-state index in [1.807, 2.05) is 0 Å². The standard InChI is InChI=1S/C20H14Cl2N8O5S4/c21-8-1-2-10(9(22)3-8)35-28-11(14-26-19(23)39-29-14)15(31)25-12-16(32)30-13(18(33)34)7(4-36-17(12)30)5-37-20-27-24-6-38-20/h1-3,6,12,17H,4-5H2,(H,25,31)(H,33,34)(H2,23,26,29)/t12?,17-/m0/s1. The van der Waals surface area contributed by atoms with Crippen molar-refractivity contribution in [2.45, 2.75) is 15.8 Å². The monoisotopic (exact) mass is 644 g/mol. The van der Waals surface area contributed by atoms with Crippen molar-refractivity contribution in [3.05, 3.63) is 50.8 Å². The molecule has 5 rings (SSSR count). The van der Waals surface area contributed by atoms with Crippen LogP contribution in [0, 0.1) is 0 Å². The fraction of sp³-hybridized carbons (Fsp3) is 0.200. The molecule has 1 fully saturated rings. The summed E-state index contributed by atoms with van der Waals surface area (Å²) in [6, 6.07) is 3.39. The number of thioether (sulfide) groups is 2. The van der Waals surface area contributed by atoms with Gasteiger partial charge >= 0.3 is 5.97 Å². The molecule has 13 nitrogen and oxygen atoms in total. The van der Waals surface area contributed by atoms with Gasteiger partial charge in [-0.15, -0.1) is 22.0 Å². The third kappa shape index (κ3) is 5.82. The maximum absolute atomic E-state index is 13.2. The minimum atomic E-state index is -1.23. The second-order valence-electron chi connectivity index (χ2n) is 7.67. The second-order valence-corrected chi connectivity index (χ2v) is 12.5. The Labute approximate surface area is 246 Å². The lowest BCUT2D eigenvalue weighted by atomic mass is 10.0. The van der Waals surface area contributed by atoms with E-state index in [0.29, 0.717) is 26.4 Å². The van der Waals surface area contributed by atoms with E-state index in [1.165, 1.54) is 58.0 Å². The van der Waals surface area contributed by atoms with Gasteiger partial charge in [-0.25, -0.2) is 4.79 Å². The second kappa shape index (κ2) is 11.6. The Kier molecular flexibility index (Phi) is 8.24. The molecule has 2 aliphatic rings. The Bertz CT molecular complexity index is 1520. The number of carboxylic acids is 1. The van der Waals surface area contributed by atoms with Crippen LogP contribution in [0.2, 0.25) is 10.0 Å². The summed E-state index contributed by atoms with van der Waals surface area (Å²) in [5.41, 5.74) is 7.36. The third-order valence-electron chi connectivity index (χ3n) is 5.24. The van der Waals surface area contributed by atoms with Crippen LogP contribution in [0.25, 0.3) is 0 Å². The van der Waals surface area contributed by atoms with Crippen molar-refractivity contribution in [1.82, 2.24) is 29.8 Å². The van der Waals surface area contributed by atoms with Crippen LogP contribution in [0.4, 0.5) is 5.13 Å². The van der Waals surface area contributed by atoms with Crippen molar-refractivity contribution in [1.29, 1.82) is 0 Å². The van der Waals surface area contributed by atoms with Crippen LogP contribution in [0.3, 0.4) is 0 Å². The SMILES string of the molecule is Nc1nc(C(=NOc2ccc(Cl)cc2Cl)C(=O)NC2C(=O)N3C(C(=O)O)=C(CSc4nncs4)CS[C@@H]23)ns1. The average Bonchev–Trinajstić information content (AvgIpc) is 3.58. The largest absolute Gasteiger partial charge is 0.477 e. The molecule has 0 spiro atoms. The number of fused-ring (bicyclic) bond motifs is 1. The van der Waals surface area contributed by atoms with E-state index >= 15 is 0 Å². The summed E-state index contributed by atoms with van der Waals surface area (Å²) in [6.07, 6.45) is 0. The predicted molar refractivity (Wildman–Crippen MR) is 148 cm³/mol. The van der Waals surface area contributed by atoms with Crippen LogP contribution in [-0.4, -0.2) is 76.0 Å². The number of hydrogen-bond acceptors (Lipinski definition) is 14. The number of β-lactam (4-membered cyclic amide) rings is 1. The van der Waals surface area contributed by atoms with Crippen molar-refractivity contribution >= 4 is 98.2 Å². The normalized spacial score (nSPS) is 19.0. The lowest BCUT2D eigenvalue weighted by Gasteiger charge is -2.49. The average molecular weight is 646 g/mol. The zero-order chi connectivity index (χ0) is 27.7. The number of amides is 2. The van der Waals surface area contributed by atoms with Crippen LogP contribution in [0.5, 0.6) is 5.75 Å². The molecule has 0 radical (unpaired) electrons. The molecule has 1 unspecified atom stereocenters. The summed E-state index contributed by atoms with van der Waals surface area (Å²) in [7, 11) is 0. The minimum absolute atomic E-state index is 0.0823. The minimum Gasteiger partial charge on any atom is -0.477 e. The molecule has 4 heterocycles. The number of nitrogens with two attached hydrogens (primary N) is 1. The lowest BCUT2D eigenvalue weighted by Crippen LogP contribution is -2.71. The maximum Gasteiger partial charge on any atom is 0.352 e. The maximum atomic E-state index is 13.2. The van der Waals surface area contributed by atoms with Gasteiger partial charge in [0.15, 0.2) is 15.2 Å². The van der Waals surface area contributed by atoms with Gasteiger partial charge in [-0.05, 0) is 23.8 Å². The van der Waals surface area contributed by atoms with Crippen LogP contribution in [-0.2, 0) is 14.4 Å². The van der Waals surface area contributed by atoms with E-state index in [1.54, 1.807) is 5.51 Å². The first-order chi connectivity index (χ1) is 18.7. The van der Waals surface area contributed by atoms with E-state index in [4.69, 9.17) is 33.8 Å². The van der Waals surface area contributed by atoms with Crippen LogP contribution < -0.4 is 15.9 Å². The number of benzene rings is 1. The zero-order valence-corrected chi connectivity index (χ0v) is 23.9. The molecule has 2 amide bonds. The van der Waals surface area contributed by atoms with Gasteiger partial charge in [0.2, 0.25) is 11.5 Å². The number of aromatic nitrogens is 4. The van der Waals surface area contributed by atoms with Crippen molar-refractivity contribution in [3.8, 4) is 5.75 Å². The smallest absolute Gasteiger partial charge is 0.352 e. The van der Waals surface area contributed by atoms with Crippen LogP contribution in [0.1, 0.15) is 5.82 Å². The first-order valence-corrected chi connectivity index (χ1v) is 15.1. The summed E-state index contributed by atoms with van der Waals surface area (Å²) in [4.78, 5) is 48.9. The molecule has 3 aromatic rings. The Hall–Kier alpha value is -2.96. The number of nitrogens with one attached hydrogen (secondary N) is 1. The van der Waals surface area contributed by atoms with Gasteiger partial charge in [0, 0.05) is 28.1 Å². The molecule has 2 aromatic heterocycles. The molecule has 19 heteroatoms. The van der Waals surface area contributed by atoms with Crippen LogP contribution in [0.15, 0.2) is 44.5 Å². The zero-order valence-electron chi connectivity index (χ0n) is 19.1. The van der Waals surface area contributed by atoms with Crippen LogP contribution >= 0.6 is 69.6 Å². The predicted octanol–water partition coefficient (Wildman–Crippen LogP) is 2.59. The Balaban J connectivity index is 1.34. The van der Waals surface area contributed by atoms with Gasteiger partial charge in [0.25, 0.3) is 11.8 Å². The van der Waals surface area contributed by atoms with E-state index in [-0.39, 0.29) is 33.1 Å². The highest BCUT2D eigenvalue weighted by molar-refractivity contribution is 8.01. The summed E-state index contributed by atoms with van der Waals surface area (Å²) in [5.74, 6) is -1.98. The van der Waals surface area contributed by atoms with Crippen molar-refractivity contribution in [2.75, 3.05) is 17.2 Å². The van der Waals surface area contributed by atoms with Crippen molar-refractivity contribution < 1.29 is 24.3 Å². The van der Waals surface area contributed by atoms with E-state index < -0.39 is 29.2 Å². The highest BCUT2D eigenvalue weighted by Crippen LogP contribution is 2.41. The first kappa shape index (κ1) is 27.6. The highest BCUT2D eigenvalue weighted by Gasteiger charge is 2.54. The molecule has 2 atom stereocenters. The molecular weight excluding hydrogens is 631 g/mol. The number of aliphatic carboxylic acids is 1. The number of carboxylic acid groups (broad SMARTS) is 1. The summed E-state index contributed by atoms with van der Waals surface area (Å²) >= 11 is 16.9. The molecule has 0 aliphatic carbocycles. The van der Waals surface area contributed by atoms with E-state index in [2.05, 4.69) is 30.0 Å². The molecule has 2 aliphatic heterocycles. The molecule has 1 saturated heterocycles. The Morgan fingerprint density at radius 3 is 2.85 bits per heavy atom. The number of carbonyl (C=O) groups is 3. The topological polar surface area (TPSA) is 186 Å². The number of anilines is 1. The van der Waals surface area contributed by atoms with Gasteiger partial charge in [0.05, 0.1) is 5.02 Å². The quantitative estimate of drug-likeness (QED) is 0.134. The molecule has 39 heavy (non-hydrogen) atoms. The molecule has 0 bridgehead atoms. The van der Waals surface area contributed by atoms with E-state index in [9.17, 15) is 19.5 Å². The van der Waals surface area contributed by atoms with Gasteiger partial charge in [0.1, 0.15) is 22.6 Å². The fourth-order valence-electron chi connectivity index (χ4n) is 3.54. The third-order valence-corrected chi connectivity index (χ3v) is 9.60. The number of carbonyl (C=O) groups excluding carboxylic acids is 2. The number of nitrogen functional groups attached to an aromatic ring is 1. The Morgan fingerprint density at radius 1 is 1.36 bits per heavy atom. The molecular formula is C20H14Cl2N8O5S4. The summed E-state index contributed by atoms with van der Waals surface area (Å²) in [5, 5.41) is 24.0. The number of rotatable bonds is 9. The summed E-state index contributed by atoms with van der Waals surface area (Å²) in [6.45, 7) is 0. The van der Waals surface area contributed by atoms with Gasteiger partial charge < -0.3 is 21.0 Å². The first-order valence-electron chi connectivity index (χ1n) is 10.6. The highest BCUT2D eigenvalue weighted by atomic mass is 35.5. The molecule has 4 N–H and O–H groups in total. The number of nitrogens with zero attached hydrogens (tertiary/aromatic N) is 6. The summed E-state index contributed by atoms with van der Waals surface area (Å²) < 4.78 is 4.69. The molecule has 1 aromatic carbocycles. The molecule has 0 saturated carbocycles. The number of halogens is 2. The Morgan fingerprint density at radius 2 is 2.18 bits per heavy atom. The van der Waals surface area contributed by atoms with E-state index in [0.717, 1.165) is 11.5 Å². The molecule has 202 valence electrons. The van der Waals surface area contributed by atoms with Crippen molar-refractivity contribution in [3.63, 3.8) is 0 Å². The van der Waals surface area contributed by atoms with Gasteiger partial charge in [-0.3, -0.25) is 14.5 Å². The van der Waals surface area contributed by atoms with Crippen molar-refractivity contribution in [2.24, 2.45) is 5.16 Å². The fourth-order valence-corrected chi connectivity index (χ4v) is 7.39. The number of hydrogen-bond donors (Lipinski definition) is 3. The van der Waals surface area contributed by atoms with Gasteiger partial charge in [-0.2, -0.15) is 9.36 Å². The lowest BCUT2D eigenvalue weighted by molar-refractivity contribution is -0.150. The van der Waals surface area contributed by atoms with Gasteiger partial charge in [-0.1, -0.05) is 51.5 Å².